The molecule has 7 nitrogen and oxygen atoms in total. The summed E-state index contributed by atoms with van der Waals surface area (Å²) in [4.78, 5) is 20.9. The number of carbonyl (C=O) groups excluding carboxylic acids is 1. The molecular formula is C19H16N4O3S. The van der Waals surface area contributed by atoms with Gasteiger partial charge in [0.1, 0.15) is 5.75 Å². The number of aryl methyl sites for hydroxylation is 2. The average molecular weight is 380 g/mol. The first-order valence-corrected chi connectivity index (χ1v) is 9.09. The van der Waals surface area contributed by atoms with Gasteiger partial charge in [-0.15, -0.1) is 0 Å². The zero-order valence-corrected chi connectivity index (χ0v) is 15.5. The molecule has 0 fully saturated rings. The smallest absolute Gasteiger partial charge is 0.257 e. The van der Waals surface area contributed by atoms with Crippen molar-refractivity contribution in [2.24, 2.45) is 0 Å². The van der Waals surface area contributed by atoms with Gasteiger partial charge in [-0.2, -0.15) is 4.98 Å². The lowest BCUT2D eigenvalue weighted by atomic mass is 10.2. The number of benzene rings is 2. The molecule has 4 rings (SSSR count). The van der Waals surface area contributed by atoms with E-state index in [1.165, 1.54) is 11.3 Å². The van der Waals surface area contributed by atoms with Crippen LogP contribution in [0.1, 0.15) is 27.6 Å². The molecule has 0 aliphatic heterocycles. The second-order valence-corrected chi connectivity index (χ2v) is 7.02. The van der Waals surface area contributed by atoms with Gasteiger partial charge in [0.2, 0.25) is 11.7 Å². The fourth-order valence-corrected chi connectivity index (χ4v) is 3.46. The Kier molecular flexibility index (Phi) is 4.55. The van der Waals surface area contributed by atoms with Crippen LogP contribution in [0, 0.1) is 13.8 Å². The highest BCUT2D eigenvalue weighted by Gasteiger charge is 2.11. The SMILES string of the molecule is Cc1ccc2nc(NC(=O)c3ccc(OCc4noc(C)n4)cc3)sc2c1. The van der Waals surface area contributed by atoms with E-state index in [0.29, 0.717) is 28.2 Å². The van der Waals surface area contributed by atoms with E-state index in [1.54, 1.807) is 31.2 Å². The summed E-state index contributed by atoms with van der Waals surface area (Å²) in [5.74, 6) is 1.36. The fourth-order valence-electron chi connectivity index (χ4n) is 2.50. The molecule has 0 spiro atoms. The maximum Gasteiger partial charge on any atom is 0.257 e. The molecule has 8 heteroatoms. The average Bonchev–Trinajstić information content (AvgIpc) is 3.25. The Morgan fingerprint density at radius 3 is 2.70 bits per heavy atom. The van der Waals surface area contributed by atoms with E-state index in [9.17, 15) is 4.79 Å². The van der Waals surface area contributed by atoms with E-state index in [2.05, 4.69) is 26.5 Å². The normalized spacial score (nSPS) is 10.9. The van der Waals surface area contributed by atoms with Crippen molar-refractivity contribution in [1.82, 2.24) is 15.1 Å². The minimum absolute atomic E-state index is 0.202. The molecule has 0 aliphatic rings. The van der Waals surface area contributed by atoms with Gasteiger partial charge in [-0.3, -0.25) is 10.1 Å². The number of fused-ring (bicyclic) bond motifs is 1. The van der Waals surface area contributed by atoms with Crippen molar-refractivity contribution in [3.63, 3.8) is 0 Å². The highest BCUT2D eigenvalue weighted by molar-refractivity contribution is 7.22. The van der Waals surface area contributed by atoms with E-state index < -0.39 is 0 Å². The lowest BCUT2D eigenvalue weighted by Gasteiger charge is -2.05. The number of anilines is 1. The molecule has 136 valence electrons. The number of carbonyl (C=O) groups is 1. The number of nitrogens with zero attached hydrogens (tertiary/aromatic N) is 3. The van der Waals surface area contributed by atoms with Gasteiger partial charge in [0.25, 0.3) is 5.91 Å². The maximum atomic E-state index is 12.4. The van der Waals surface area contributed by atoms with Gasteiger partial charge in [-0.05, 0) is 48.9 Å². The summed E-state index contributed by atoms with van der Waals surface area (Å²) in [6.45, 7) is 3.95. The molecule has 27 heavy (non-hydrogen) atoms. The van der Waals surface area contributed by atoms with Crippen LogP contribution in [0.3, 0.4) is 0 Å². The van der Waals surface area contributed by atoms with Crippen molar-refractivity contribution in [3.8, 4) is 5.75 Å². The molecule has 2 aromatic heterocycles. The predicted octanol–water partition coefficient (Wildman–Crippen LogP) is 4.13. The van der Waals surface area contributed by atoms with Gasteiger partial charge in [0.15, 0.2) is 11.7 Å². The number of amides is 1. The first-order valence-electron chi connectivity index (χ1n) is 8.27. The minimum Gasteiger partial charge on any atom is -0.485 e. The highest BCUT2D eigenvalue weighted by atomic mass is 32.1. The predicted molar refractivity (Wildman–Crippen MR) is 102 cm³/mol. The second kappa shape index (κ2) is 7.16. The molecule has 4 aromatic rings. The van der Waals surface area contributed by atoms with Crippen molar-refractivity contribution < 1.29 is 14.1 Å². The number of hydrogen-bond acceptors (Lipinski definition) is 7. The van der Waals surface area contributed by atoms with Crippen LogP contribution in [-0.4, -0.2) is 21.0 Å². The zero-order valence-electron chi connectivity index (χ0n) is 14.7. The topological polar surface area (TPSA) is 90.1 Å². The highest BCUT2D eigenvalue weighted by Crippen LogP contribution is 2.27. The number of ether oxygens (including phenoxy) is 1. The molecule has 0 aliphatic carbocycles. The zero-order chi connectivity index (χ0) is 18.8. The van der Waals surface area contributed by atoms with Crippen molar-refractivity contribution >= 4 is 32.6 Å². The summed E-state index contributed by atoms with van der Waals surface area (Å²) in [5.41, 5.74) is 2.56. The maximum absolute atomic E-state index is 12.4. The van der Waals surface area contributed by atoms with Gasteiger partial charge in [0, 0.05) is 12.5 Å². The van der Waals surface area contributed by atoms with Crippen LogP contribution < -0.4 is 10.1 Å². The molecule has 0 bridgehead atoms. The van der Waals surface area contributed by atoms with Crippen molar-refractivity contribution in [2.45, 2.75) is 20.5 Å². The third-order valence-corrected chi connectivity index (χ3v) is 4.75. The van der Waals surface area contributed by atoms with Gasteiger partial charge in [-0.25, -0.2) is 4.98 Å². The number of aromatic nitrogens is 3. The number of nitrogens with one attached hydrogen (secondary N) is 1. The monoisotopic (exact) mass is 380 g/mol. The van der Waals surface area contributed by atoms with Crippen LogP contribution in [0.4, 0.5) is 5.13 Å². The van der Waals surface area contributed by atoms with Gasteiger partial charge in [-0.1, -0.05) is 22.6 Å². The van der Waals surface area contributed by atoms with Crippen LogP contribution in [0.5, 0.6) is 5.75 Å². The van der Waals surface area contributed by atoms with Crippen molar-refractivity contribution in [2.75, 3.05) is 5.32 Å². The molecular weight excluding hydrogens is 364 g/mol. The lowest BCUT2D eigenvalue weighted by molar-refractivity contribution is 0.102. The van der Waals surface area contributed by atoms with Crippen LogP contribution in [0.25, 0.3) is 10.2 Å². The fraction of sp³-hybridized carbons (Fsp3) is 0.158. The van der Waals surface area contributed by atoms with Gasteiger partial charge >= 0.3 is 0 Å². The van der Waals surface area contributed by atoms with Crippen molar-refractivity contribution in [1.29, 1.82) is 0 Å². The van der Waals surface area contributed by atoms with E-state index in [-0.39, 0.29) is 12.5 Å². The van der Waals surface area contributed by atoms with E-state index in [1.807, 2.05) is 19.1 Å². The summed E-state index contributed by atoms with van der Waals surface area (Å²) in [5, 5.41) is 7.19. The third-order valence-electron chi connectivity index (χ3n) is 3.82. The summed E-state index contributed by atoms with van der Waals surface area (Å²) in [6.07, 6.45) is 0. The quantitative estimate of drug-likeness (QED) is 0.560. The molecule has 0 saturated carbocycles. The first kappa shape index (κ1) is 17.2. The van der Waals surface area contributed by atoms with Gasteiger partial charge < -0.3 is 9.26 Å². The van der Waals surface area contributed by atoms with Crippen LogP contribution >= 0.6 is 11.3 Å². The Hall–Kier alpha value is -3.26. The Bertz CT molecular complexity index is 1100. The van der Waals surface area contributed by atoms with E-state index >= 15 is 0 Å². The molecule has 0 saturated heterocycles. The van der Waals surface area contributed by atoms with Crippen LogP contribution in [0.2, 0.25) is 0 Å². The largest absolute Gasteiger partial charge is 0.485 e. The summed E-state index contributed by atoms with van der Waals surface area (Å²) >= 11 is 1.45. The molecule has 0 atom stereocenters. The number of rotatable bonds is 5. The third kappa shape index (κ3) is 3.95. The number of hydrogen-bond donors (Lipinski definition) is 1. The number of thiazole rings is 1. The Labute approximate surface area is 159 Å². The molecule has 0 unspecified atom stereocenters. The summed E-state index contributed by atoms with van der Waals surface area (Å²) in [6, 6.07) is 12.9. The van der Waals surface area contributed by atoms with E-state index in [4.69, 9.17) is 9.26 Å². The summed E-state index contributed by atoms with van der Waals surface area (Å²) in [7, 11) is 0. The first-order chi connectivity index (χ1) is 13.1. The Morgan fingerprint density at radius 2 is 1.96 bits per heavy atom. The Morgan fingerprint density at radius 1 is 1.15 bits per heavy atom. The minimum atomic E-state index is -0.217. The molecule has 0 radical (unpaired) electrons. The molecule has 1 N–H and O–H groups in total. The molecule has 2 heterocycles. The van der Waals surface area contributed by atoms with Gasteiger partial charge in [0.05, 0.1) is 10.2 Å². The molecule has 1 amide bonds. The van der Waals surface area contributed by atoms with Crippen LogP contribution in [-0.2, 0) is 6.61 Å². The Balaban J connectivity index is 1.40. The van der Waals surface area contributed by atoms with Crippen molar-refractivity contribution in [3.05, 3.63) is 65.3 Å². The summed E-state index contributed by atoms with van der Waals surface area (Å²) < 4.78 is 11.5. The second-order valence-electron chi connectivity index (χ2n) is 5.99. The standard InChI is InChI=1S/C19H16N4O3S/c1-11-3-8-15-16(9-11)27-19(21-15)22-18(24)13-4-6-14(7-5-13)25-10-17-20-12(2)26-23-17/h3-9H,10H2,1-2H3,(H,21,22,24). The molecule has 2 aromatic carbocycles. The van der Waals surface area contributed by atoms with E-state index in [0.717, 1.165) is 15.8 Å². The lowest BCUT2D eigenvalue weighted by Crippen LogP contribution is -2.11. The van der Waals surface area contributed by atoms with Crippen LogP contribution in [0.15, 0.2) is 47.0 Å².